The average molecular weight is 614 g/mol. The van der Waals surface area contributed by atoms with Gasteiger partial charge in [0.2, 0.25) is 0 Å². The molecule has 1 fully saturated rings. The van der Waals surface area contributed by atoms with Crippen LogP contribution in [0.1, 0.15) is 71.6 Å². The molecule has 1 aromatic rings. The standard InChI is InChI=1S/C33H48ClN5O4/c1-9-33(6,7)43-30(40)37-28(12-13-36-22-35-8)27-18-23(2)19-29(25-11-10-24(34)20-26(25)27)38-14-16-39(17-15-38)31(41)42-21-32(3,4)5/h10-13,18,20,22,28-29H,2,9,14-17,19,21H2,1,3-8H3,(H,35,36)(H,37,40)/b13-12+. The Kier molecular flexibility index (Phi) is 11.9. The van der Waals surface area contributed by atoms with E-state index in [2.05, 4.69) is 33.2 Å². The smallest absolute Gasteiger partial charge is 0.409 e. The second-order valence-electron chi connectivity index (χ2n) is 12.9. The zero-order valence-corrected chi connectivity index (χ0v) is 27.5. The van der Waals surface area contributed by atoms with E-state index in [0.717, 1.165) is 22.3 Å². The molecular weight excluding hydrogens is 566 g/mol. The van der Waals surface area contributed by atoms with Crippen molar-refractivity contribution < 1.29 is 19.1 Å². The summed E-state index contributed by atoms with van der Waals surface area (Å²) in [5.74, 6) is 0. The third-order valence-corrected chi connectivity index (χ3v) is 7.79. The first kappa shape index (κ1) is 34.2. The Balaban J connectivity index is 1.89. The molecule has 3 rings (SSSR count). The van der Waals surface area contributed by atoms with Crippen molar-refractivity contribution in [3.05, 3.63) is 64.9 Å². The number of ether oxygens (including phenoxy) is 2. The molecule has 9 nitrogen and oxygen atoms in total. The molecule has 1 heterocycles. The molecule has 0 radical (unpaired) electrons. The van der Waals surface area contributed by atoms with Crippen LogP contribution in [0, 0.1) is 5.41 Å². The number of nitrogens with zero attached hydrogens (tertiary/aromatic N) is 3. The van der Waals surface area contributed by atoms with Crippen LogP contribution in [0.15, 0.2) is 53.7 Å². The van der Waals surface area contributed by atoms with Crippen LogP contribution in [0.5, 0.6) is 0 Å². The number of carbonyl (C=O) groups excluding carboxylic acids is 2. The molecule has 0 saturated carbocycles. The summed E-state index contributed by atoms with van der Waals surface area (Å²) in [7, 11) is 1.67. The fourth-order valence-electron chi connectivity index (χ4n) is 4.93. The topological polar surface area (TPSA) is 95.5 Å². The van der Waals surface area contributed by atoms with Crippen molar-refractivity contribution in [1.82, 2.24) is 20.4 Å². The van der Waals surface area contributed by atoms with Gasteiger partial charge in [-0.05, 0) is 67.0 Å². The van der Waals surface area contributed by atoms with E-state index in [9.17, 15) is 9.59 Å². The minimum absolute atomic E-state index is 0.0159. The van der Waals surface area contributed by atoms with E-state index in [-0.39, 0.29) is 17.6 Å². The number of rotatable bonds is 9. The van der Waals surface area contributed by atoms with Crippen LogP contribution in [0.3, 0.4) is 0 Å². The molecule has 236 valence electrons. The minimum Gasteiger partial charge on any atom is -0.449 e. The van der Waals surface area contributed by atoms with Crippen molar-refractivity contribution in [3.63, 3.8) is 0 Å². The lowest BCUT2D eigenvalue weighted by Crippen LogP contribution is -2.50. The van der Waals surface area contributed by atoms with Gasteiger partial charge in [-0.1, -0.05) is 63.6 Å². The van der Waals surface area contributed by atoms with Gasteiger partial charge in [-0.15, -0.1) is 0 Å². The van der Waals surface area contributed by atoms with Gasteiger partial charge in [-0.2, -0.15) is 0 Å². The number of allylic oxidation sites excluding steroid dienone is 1. The lowest BCUT2D eigenvalue weighted by atomic mass is 9.91. The van der Waals surface area contributed by atoms with Crippen LogP contribution in [0.4, 0.5) is 9.59 Å². The number of fused-ring (bicyclic) bond motifs is 1. The first-order valence-corrected chi connectivity index (χ1v) is 15.3. The van der Waals surface area contributed by atoms with E-state index in [0.29, 0.717) is 50.7 Å². The van der Waals surface area contributed by atoms with Gasteiger partial charge in [0.05, 0.1) is 19.0 Å². The summed E-state index contributed by atoms with van der Waals surface area (Å²) in [6.45, 7) is 19.2. The van der Waals surface area contributed by atoms with Crippen LogP contribution in [0.2, 0.25) is 5.02 Å². The summed E-state index contributed by atoms with van der Waals surface area (Å²) >= 11 is 6.56. The van der Waals surface area contributed by atoms with Crippen molar-refractivity contribution in [2.24, 2.45) is 10.4 Å². The molecule has 2 N–H and O–H groups in total. The van der Waals surface area contributed by atoms with Crippen LogP contribution >= 0.6 is 11.6 Å². The van der Waals surface area contributed by atoms with Gasteiger partial charge >= 0.3 is 12.2 Å². The second kappa shape index (κ2) is 14.9. The number of alkyl carbamates (subject to hydrolysis) is 1. The third-order valence-electron chi connectivity index (χ3n) is 7.56. The van der Waals surface area contributed by atoms with Gasteiger partial charge in [-0.3, -0.25) is 9.89 Å². The normalized spacial score (nSPS) is 19.1. The number of carbonyl (C=O) groups is 2. The fourth-order valence-corrected chi connectivity index (χ4v) is 5.10. The number of halogens is 1. The number of hydrogen-bond donors (Lipinski definition) is 2. The molecule has 1 aliphatic carbocycles. The molecule has 1 aliphatic heterocycles. The Morgan fingerprint density at radius 1 is 1.19 bits per heavy atom. The van der Waals surface area contributed by atoms with Crippen LogP contribution in [-0.4, -0.2) is 79.8 Å². The molecule has 2 atom stereocenters. The highest BCUT2D eigenvalue weighted by Crippen LogP contribution is 2.40. The van der Waals surface area contributed by atoms with Gasteiger partial charge in [-0.25, -0.2) is 9.59 Å². The van der Waals surface area contributed by atoms with Crippen molar-refractivity contribution in [3.8, 4) is 0 Å². The maximum atomic E-state index is 13.1. The molecule has 2 amide bonds. The molecular formula is C33H48ClN5O4. The van der Waals surface area contributed by atoms with Gasteiger partial charge in [0.1, 0.15) is 5.60 Å². The van der Waals surface area contributed by atoms with E-state index >= 15 is 0 Å². The third kappa shape index (κ3) is 10.1. The predicted molar refractivity (Wildman–Crippen MR) is 174 cm³/mol. The minimum atomic E-state index is -0.611. The largest absolute Gasteiger partial charge is 0.449 e. The summed E-state index contributed by atoms with van der Waals surface area (Å²) in [6.07, 6.45) is 7.77. The van der Waals surface area contributed by atoms with Gasteiger partial charge in [0, 0.05) is 50.5 Å². The summed E-state index contributed by atoms with van der Waals surface area (Å²) in [5.41, 5.74) is 3.09. The number of hydrogen-bond acceptors (Lipinski definition) is 6. The SMILES string of the molecule is C=C1C=C(C(/C=C/NC=NC)NC(=O)OC(C)(C)CC)c2cc(Cl)ccc2C(N2CCN(C(=O)OCC(C)(C)C)CC2)C1. The lowest BCUT2D eigenvalue weighted by molar-refractivity contribution is 0.0360. The molecule has 0 spiro atoms. The van der Waals surface area contributed by atoms with Crippen LogP contribution in [0.25, 0.3) is 5.57 Å². The summed E-state index contributed by atoms with van der Waals surface area (Å²) in [5, 5.41) is 6.63. The fraction of sp³-hybridized carbons (Fsp3) is 0.545. The highest BCUT2D eigenvalue weighted by Gasteiger charge is 2.33. The van der Waals surface area contributed by atoms with Gasteiger partial charge in [0.15, 0.2) is 0 Å². The van der Waals surface area contributed by atoms with Crippen LogP contribution < -0.4 is 10.6 Å². The number of piperazine rings is 1. The summed E-state index contributed by atoms with van der Waals surface area (Å²) in [6, 6.07) is 5.37. The Hall–Kier alpha value is -3.30. The van der Waals surface area contributed by atoms with Gasteiger partial charge in [0.25, 0.3) is 0 Å². The quantitative estimate of drug-likeness (QED) is 0.242. The van der Waals surface area contributed by atoms with E-state index in [4.69, 9.17) is 21.1 Å². The molecule has 2 aliphatic rings. The molecule has 1 saturated heterocycles. The van der Waals surface area contributed by atoms with Crippen molar-refractivity contribution in [2.45, 2.75) is 72.1 Å². The van der Waals surface area contributed by atoms with E-state index in [1.807, 2.05) is 65.8 Å². The first-order valence-electron chi connectivity index (χ1n) is 14.9. The molecule has 2 unspecified atom stereocenters. The zero-order chi connectivity index (χ0) is 31.8. The first-order chi connectivity index (χ1) is 20.2. The lowest BCUT2D eigenvalue weighted by Gasteiger charge is -2.39. The predicted octanol–water partition coefficient (Wildman–Crippen LogP) is 6.57. The number of nitrogens with one attached hydrogen (secondary N) is 2. The summed E-state index contributed by atoms with van der Waals surface area (Å²) in [4.78, 5) is 33.9. The van der Waals surface area contributed by atoms with Crippen molar-refractivity contribution in [2.75, 3.05) is 39.8 Å². The highest BCUT2D eigenvalue weighted by atomic mass is 35.5. The van der Waals surface area contributed by atoms with E-state index < -0.39 is 17.7 Å². The second-order valence-corrected chi connectivity index (χ2v) is 13.3. The molecule has 0 aromatic heterocycles. The summed E-state index contributed by atoms with van der Waals surface area (Å²) < 4.78 is 11.3. The molecule has 43 heavy (non-hydrogen) atoms. The van der Waals surface area contributed by atoms with E-state index in [1.165, 1.54) is 0 Å². The Morgan fingerprint density at radius 3 is 2.51 bits per heavy atom. The van der Waals surface area contributed by atoms with E-state index in [1.54, 1.807) is 24.5 Å². The Bertz CT molecular complexity index is 1240. The Labute approximate surface area is 262 Å². The maximum Gasteiger partial charge on any atom is 0.409 e. The Morgan fingerprint density at radius 2 is 1.88 bits per heavy atom. The number of amides is 2. The molecule has 1 aromatic carbocycles. The average Bonchev–Trinajstić information content (AvgIpc) is 3.08. The highest BCUT2D eigenvalue weighted by molar-refractivity contribution is 6.30. The zero-order valence-electron chi connectivity index (χ0n) is 26.7. The molecule has 10 heteroatoms. The molecule has 0 bridgehead atoms. The van der Waals surface area contributed by atoms with Crippen molar-refractivity contribution >= 4 is 35.7 Å². The van der Waals surface area contributed by atoms with Crippen molar-refractivity contribution in [1.29, 1.82) is 0 Å². The number of aliphatic imine (C=N–C) groups is 1. The van der Waals surface area contributed by atoms with Crippen LogP contribution in [-0.2, 0) is 9.47 Å². The monoisotopic (exact) mass is 613 g/mol. The maximum absolute atomic E-state index is 13.1. The number of benzene rings is 1. The van der Waals surface area contributed by atoms with Gasteiger partial charge < -0.3 is 25.0 Å².